The van der Waals surface area contributed by atoms with Gasteiger partial charge in [-0.3, -0.25) is 4.79 Å². The van der Waals surface area contributed by atoms with E-state index in [1.807, 2.05) is 26.0 Å². The lowest BCUT2D eigenvalue weighted by Gasteiger charge is -2.10. The Morgan fingerprint density at radius 2 is 1.88 bits per heavy atom. The first-order valence-electron chi connectivity index (χ1n) is 5.36. The minimum absolute atomic E-state index is 0.213. The molecule has 0 saturated carbocycles. The predicted octanol–water partition coefficient (Wildman–Crippen LogP) is 3.25. The second-order valence-electron chi connectivity index (χ2n) is 3.70. The van der Waals surface area contributed by atoms with E-state index in [2.05, 4.69) is 6.92 Å². The molecule has 0 radical (unpaired) electrons. The average molecular weight is 238 g/mol. The lowest BCUT2D eigenvalue weighted by molar-refractivity contribution is 0.102. The number of thioether (sulfide) groups is 1. The molecule has 0 fully saturated rings. The van der Waals surface area contributed by atoms with Gasteiger partial charge in [0.05, 0.1) is 12.9 Å². The Labute approximate surface area is 101 Å². The SMILES string of the molecule is CCSCC(=O)c1c(C)cc(OC)cc1C. The van der Waals surface area contributed by atoms with Crippen LogP contribution in [-0.2, 0) is 0 Å². The number of carbonyl (C=O) groups excluding carboxylic acids is 1. The monoisotopic (exact) mass is 238 g/mol. The summed E-state index contributed by atoms with van der Waals surface area (Å²) >= 11 is 1.66. The van der Waals surface area contributed by atoms with E-state index < -0.39 is 0 Å². The van der Waals surface area contributed by atoms with Crippen LogP contribution in [0.2, 0.25) is 0 Å². The van der Waals surface area contributed by atoms with Crippen LogP contribution >= 0.6 is 11.8 Å². The fourth-order valence-corrected chi connectivity index (χ4v) is 2.28. The van der Waals surface area contributed by atoms with E-state index in [4.69, 9.17) is 4.74 Å². The van der Waals surface area contributed by atoms with Gasteiger partial charge in [0, 0.05) is 5.56 Å². The summed E-state index contributed by atoms with van der Waals surface area (Å²) in [5.74, 6) is 2.56. The molecule has 0 amide bonds. The number of methoxy groups -OCH3 is 1. The van der Waals surface area contributed by atoms with Gasteiger partial charge in [-0.1, -0.05) is 6.92 Å². The first-order valence-corrected chi connectivity index (χ1v) is 6.51. The predicted molar refractivity (Wildman–Crippen MR) is 69.8 cm³/mol. The number of carbonyl (C=O) groups is 1. The van der Waals surface area contributed by atoms with Crippen molar-refractivity contribution in [2.45, 2.75) is 20.8 Å². The third-order valence-corrected chi connectivity index (χ3v) is 3.33. The van der Waals surface area contributed by atoms with Gasteiger partial charge in [-0.05, 0) is 42.9 Å². The maximum absolute atomic E-state index is 12.0. The Bertz CT molecular complexity index is 363. The van der Waals surface area contributed by atoms with Gasteiger partial charge >= 0.3 is 0 Å². The summed E-state index contributed by atoms with van der Waals surface area (Å²) in [6.07, 6.45) is 0. The number of ether oxygens (including phenoxy) is 1. The number of hydrogen-bond donors (Lipinski definition) is 0. The summed E-state index contributed by atoms with van der Waals surface area (Å²) in [6, 6.07) is 3.83. The van der Waals surface area contributed by atoms with E-state index in [0.29, 0.717) is 5.75 Å². The van der Waals surface area contributed by atoms with Gasteiger partial charge in [0.15, 0.2) is 5.78 Å². The second-order valence-corrected chi connectivity index (χ2v) is 4.97. The summed E-state index contributed by atoms with van der Waals surface area (Å²) in [5, 5.41) is 0. The van der Waals surface area contributed by atoms with Crippen molar-refractivity contribution in [1.29, 1.82) is 0 Å². The molecule has 0 bridgehead atoms. The Morgan fingerprint density at radius 3 is 2.31 bits per heavy atom. The number of rotatable bonds is 5. The summed E-state index contributed by atoms with van der Waals surface area (Å²) in [5.41, 5.74) is 2.85. The topological polar surface area (TPSA) is 26.3 Å². The summed E-state index contributed by atoms with van der Waals surface area (Å²) in [6.45, 7) is 5.98. The van der Waals surface area contributed by atoms with Crippen LogP contribution in [0.15, 0.2) is 12.1 Å². The molecule has 0 aromatic heterocycles. The first-order chi connectivity index (χ1) is 7.60. The second kappa shape index (κ2) is 5.94. The largest absolute Gasteiger partial charge is 0.497 e. The lowest BCUT2D eigenvalue weighted by Crippen LogP contribution is -2.08. The zero-order valence-electron chi connectivity index (χ0n) is 10.3. The van der Waals surface area contributed by atoms with Gasteiger partial charge in [0.2, 0.25) is 0 Å². The molecule has 88 valence electrons. The molecule has 0 aliphatic rings. The lowest BCUT2D eigenvalue weighted by atomic mass is 9.99. The van der Waals surface area contributed by atoms with Crippen LogP contribution in [0.1, 0.15) is 28.4 Å². The van der Waals surface area contributed by atoms with Crippen molar-refractivity contribution in [3.63, 3.8) is 0 Å². The number of benzene rings is 1. The highest BCUT2D eigenvalue weighted by Crippen LogP contribution is 2.23. The molecular formula is C13H18O2S. The quantitative estimate of drug-likeness (QED) is 0.737. The molecule has 0 unspecified atom stereocenters. The summed E-state index contributed by atoms with van der Waals surface area (Å²) < 4.78 is 5.18. The molecule has 0 aliphatic carbocycles. The molecule has 0 atom stereocenters. The Hall–Kier alpha value is -0.960. The van der Waals surface area contributed by atoms with Crippen molar-refractivity contribution in [3.05, 3.63) is 28.8 Å². The fourth-order valence-electron chi connectivity index (χ4n) is 1.75. The average Bonchev–Trinajstić information content (AvgIpc) is 2.25. The van der Waals surface area contributed by atoms with E-state index in [1.54, 1.807) is 18.9 Å². The Balaban J connectivity index is 3.00. The molecule has 3 heteroatoms. The number of aryl methyl sites for hydroxylation is 2. The highest BCUT2D eigenvalue weighted by Gasteiger charge is 2.13. The van der Waals surface area contributed by atoms with Gasteiger partial charge < -0.3 is 4.74 Å². The van der Waals surface area contributed by atoms with Crippen LogP contribution in [-0.4, -0.2) is 24.4 Å². The van der Waals surface area contributed by atoms with Crippen molar-refractivity contribution in [2.75, 3.05) is 18.6 Å². The molecule has 2 nitrogen and oxygen atoms in total. The van der Waals surface area contributed by atoms with Gasteiger partial charge in [-0.25, -0.2) is 0 Å². The molecule has 0 N–H and O–H groups in total. The first kappa shape index (κ1) is 13.1. The molecule has 0 spiro atoms. The summed E-state index contributed by atoms with van der Waals surface area (Å²) in [7, 11) is 1.64. The van der Waals surface area contributed by atoms with Crippen molar-refractivity contribution in [3.8, 4) is 5.75 Å². The maximum atomic E-state index is 12.0. The molecule has 1 rings (SSSR count). The maximum Gasteiger partial charge on any atom is 0.173 e. The Kier molecular flexibility index (Phi) is 4.87. The molecular weight excluding hydrogens is 220 g/mol. The zero-order chi connectivity index (χ0) is 12.1. The van der Waals surface area contributed by atoms with Crippen LogP contribution in [0.25, 0.3) is 0 Å². The highest BCUT2D eigenvalue weighted by atomic mass is 32.2. The van der Waals surface area contributed by atoms with Crippen LogP contribution in [0.3, 0.4) is 0 Å². The van der Waals surface area contributed by atoms with E-state index in [0.717, 1.165) is 28.2 Å². The number of ketones is 1. The highest BCUT2D eigenvalue weighted by molar-refractivity contribution is 7.99. The Morgan fingerprint density at radius 1 is 1.31 bits per heavy atom. The summed E-state index contributed by atoms with van der Waals surface area (Å²) in [4.78, 5) is 12.0. The standard InChI is InChI=1S/C13H18O2S/c1-5-16-8-12(14)13-9(2)6-11(15-4)7-10(13)3/h6-7H,5,8H2,1-4H3. The van der Waals surface area contributed by atoms with Gasteiger partial charge in [-0.15, -0.1) is 0 Å². The van der Waals surface area contributed by atoms with Gasteiger partial charge in [-0.2, -0.15) is 11.8 Å². The number of Topliss-reactive ketones (excluding diaryl/α,β-unsaturated/α-hetero) is 1. The van der Waals surface area contributed by atoms with Crippen molar-refractivity contribution in [1.82, 2.24) is 0 Å². The smallest absolute Gasteiger partial charge is 0.173 e. The van der Waals surface area contributed by atoms with Crippen molar-refractivity contribution in [2.24, 2.45) is 0 Å². The minimum Gasteiger partial charge on any atom is -0.497 e. The molecule has 16 heavy (non-hydrogen) atoms. The van der Waals surface area contributed by atoms with Crippen LogP contribution in [0, 0.1) is 13.8 Å². The van der Waals surface area contributed by atoms with E-state index in [9.17, 15) is 4.79 Å². The van der Waals surface area contributed by atoms with E-state index in [1.165, 1.54) is 0 Å². The van der Waals surface area contributed by atoms with E-state index >= 15 is 0 Å². The number of hydrogen-bond acceptors (Lipinski definition) is 3. The minimum atomic E-state index is 0.213. The zero-order valence-corrected chi connectivity index (χ0v) is 11.1. The third kappa shape index (κ3) is 3.01. The van der Waals surface area contributed by atoms with Crippen LogP contribution < -0.4 is 4.74 Å². The molecule has 0 heterocycles. The van der Waals surface area contributed by atoms with Crippen molar-refractivity contribution < 1.29 is 9.53 Å². The van der Waals surface area contributed by atoms with Gasteiger partial charge in [0.1, 0.15) is 5.75 Å². The van der Waals surface area contributed by atoms with Crippen molar-refractivity contribution >= 4 is 17.5 Å². The molecule has 1 aromatic carbocycles. The molecule has 1 aromatic rings. The molecule has 0 saturated heterocycles. The van der Waals surface area contributed by atoms with E-state index in [-0.39, 0.29) is 5.78 Å². The van der Waals surface area contributed by atoms with Crippen LogP contribution in [0.5, 0.6) is 5.75 Å². The fraction of sp³-hybridized carbons (Fsp3) is 0.462. The van der Waals surface area contributed by atoms with Gasteiger partial charge in [0.25, 0.3) is 0 Å². The van der Waals surface area contributed by atoms with Crippen LogP contribution in [0.4, 0.5) is 0 Å². The normalized spacial score (nSPS) is 10.2. The molecule has 0 aliphatic heterocycles. The third-order valence-electron chi connectivity index (χ3n) is 2.46.